The fraction of sp³-hybridized carbons (Fsp3) is 0.182. The van der Waals surface area contributed by atoms with Crippen molar-refractivity contribution < 1.29 is 18.8 Å². The molecule has 0 unspecified atom stereocenters. The van der Waals surface area contributed by atoms with Crippen molar-refractivity contribution >= 4 is 22.4 Å². The van der Waals surface area contributed by atoms with Gasteiger partial charge in [-0.15, -0.1) is 11.3 Å². The van der Waals surface area contributed by atoms with Gasteiger partial charge >= 0.3 is 0 Å². The number of hydrogen-bond acceptors (Lipinski definition) is 8. The fourth-order valence-corrected chi connectivity index (χ4v) is 3.54. The maximum atomic E-state index is 12.6. The number of nitrogens with zero attached hydrogens (tertiary/aromatic N) is 3. The minimum atomic E-state index is -0.251. The molecule has 2 aromatic carbocycles. The Morgan fingerprint density at radius 1 is 1.10 bits per heavy atom. The lowest BCUT2D eigenvalue weighted by molar-refractivity contribution is 0.102. The minimum absolute atomic E-state index is 0.188. The molecule has 4 rings (SSSR count). The van der Waals surface area contributed by atoms with Crippen molar-refractivity contribution in [3.63, 3.8) is 0 Å². The third-order valence-corrected chi connectivity index (χ3v) is 5.00. The van der Waals surface area contributed by atoms with E-state index in [1.165, 1.54) is 11.3 Å². The first-order valence-electron chi connectivity index (χ1n) is 9.63. The topological polar surface area (TPSA) is 99.4 Å². The van der Waals surface area contributed by atoms with Crippen molar-refractivity contribution in [2.24, 2.45) is 0 Å². The van der Waals surface area contributed by atoms with Crippen molar-refractivity contribution in [3.8, 4) is 22.8 Å². The van der Waals surface area contributed by atoms with E-state index in [1.807, 2.05) is 36.6 Å². The van der Waals surface area contributed by atoms with E-state index in [2.05, 4.69) is 20.4 Å². The molecule has 0 aliphatic heterocycles. The summed E-state index contributed by atoms with van der Waals surface area (Å²) in [4.78, 5) is 21.2. The summed E-state index contributed by atoms with van der Waals surface area (Å²) in [7, 11) is 0. The number of benzene rings is 2. The predicted octanol–water partition coefficient (Wildman–Crippen LogP) is 4.73. The number of para-hydroxylation sites is 1. The molecule has 0 aliphatic rings. The van der Waals surface area contributed by atoms with E-state index in [0.29, 0.717) is 34.8 Å². The van der Waals surface area contributed by atoms with Crippen molar-refractivity contribution in [2.45, 2.75) is 20.5 Å². The zero-order valence-electron chi connectivity index (χ0n) is 17.0. The number of nitrogens with one attached hydrogen (secondary N) is 1. The van der Waals surface area contributed by atoms with Crippen LogP contribution < -0.4 is 14.8 Å². The molecule has 9 heteroatoms. The van der Waals surface area contributed by atoms with Gasteiger partial charge in [-0.25, -0.2) is 4.98 Å². The molecule has 31 heavy (non-hydrogen) atoms. The second-order valence-electron chi connectivity index (χ2n) is 6.46. The van der Waals surface area contributed by atoms with Gasteiger partial charge in [0.25, 0.3) is 5.91 Å². The zero-order valence-corrected chi connectivity index (χ0v) is 17.8. The Morgan fingerprint density at radius 3 is 2.65 bits per heavy atom. The number of ether oxygens (including phenoxy) is 2. The molecule has 0 saturated heterocycles. The highest BCUT2D eigenvalue weighted by molar-refractivity contribution is 7.14. The van der Waals surface area contributed by atoms with Crippen LogP contribution in [0.5, 0.6) is 11.5 Å². The highest BCUT2D eigenvalue weighted by Crippen LogP contribution is 2.32. The van der Waals surface area contributed by atoms with Gasteiger partial charge in [0.1, 0.15) is 11.5 Å². The molecular formula is C22H20N4O4S. The highest BCUT2D eigenvalue weighted by Gasteiger charge is 2.13. The number of aromatic nitrogens is 3. The maximum Gasteiger partial charge on any atom is 0.257 e. The lowest BCUT2D eigenvalue weighted by atomic mass is 10.1. The van der Waals surface area contributed by atoms with Crippen LogP contribution in [-0.4, -0.2) is 27.6 Å². The summed E-state index contributed by atoms with van der Waals surface area (Å²) in [6.45, 7) is 4.41. The fourth-order valence-electron chi connectivity index (χ4n) is 2.83. The third kappa shape index (κ3) is 5.07. The van der Waals surface area contributed by atoms with Crippen LogP contribution in [-0.2, 0) is 6.61 Å². The molecule has 1 amide bonds. The summed E-state index contributed by atoms with van der Waals surface area (Å²) < 4.78 is 16.2. The number of carbonyl (C=O) groups excluding carboxylic acids is 1. The van der Waals surface area contributed by atoms with Gasteiger partial charge in [0.2, 0.25) is 11.7 Å². The largest absolute Gasteiger partial charge is 0.493 e. The van der Waals surface area contributed by atoms with Gasteiger partial charge < -0.3 is 14.0 Å². The number of thiazole rings is 1. The van der Waals surface area contributed by atoms with Crippen LogP contribution in [0.4, 0.5) is 5.13 Å². The summed E-state index contributed by atoms with van der Waals surface area (Å²) >= 11 is 1.36. The Kier molecular flexibility index (Phi) is 6.23. The van der Waals surface area contributed by atoms with Crippen LogP contribution in [0.2, 0.25) is 0 Å². The van der Waals surface area contributed by atoms with E-state index in [4.69, 9.17) is 14.0 Å². The van der Waals surface area contributed by atoms with Crippen molar-refractivity contribution in [1.29, 1.82) is 0 Å². The molecule has 0 atom stereocenters. The molecule has 8 nitrogen and oxygen atoms in total. The first-order valence-corrected chi connectivity index (χ1v) is 10.5. The number of carbonyl (C=O) groups is 1. The molecule has 1 N–H and O–H groups in total. The summed E-state index contributed by atoms with van der Waals surface area (Å²) in [6.07, 6.45) is 0. The lowest BCUT2D eigenvalue weighted by Crippen LogP contribution is -2.11. The summed E-state index contributed by atoms with van der Waals surface area (Å²) in [5, 5.41) is 9.01. The van der Waals surface area contributed by atoms with Crippen LogP contribution in [0.3, 0.4) is 0 Å². The summed E-state index contributed by atoms with van der Waals surface area (Å²) in [5.74, 6) is 2.06. The van der Waals surface area contributed by atoms with Gasteiger partial charge in [-0.05, 0) is 43.3 Å². The molecule has 0 bridgehead atoms. The third-order valence-electron chi connectivity index (χ3n) is 4.24. The quantitative estimate of drug-likeness (QED) is 0.426. The Bertz CT molecular complexity index is 1170. The second-order valence-corrected chi connectivity index (χ2v) is 7.32. The normalized spacial score (nSPS) is 10.6. The number of hydrogen-bond donors (Lipinski definition) is 1. The van der Waals surface area contributed by atoms with E-state index in [1.54, 1.807) is 31.2 Å². The lowest BCUT2D eigenvalue weighted by Gasteiger charge is -2.07. The zero-order chi connectivity index (χ0) is 21.6. The van der Waals surface area contributed by atoms with Crippen LogP contribution in [0.15, 0.2) is 58.4 Å². The van der Waals surface area contributed by atoms with Gasteiger partial charge in [-0.1, -0.05) is 17.3 Å². The number of amides is 1. The molecule has 0 spiro atoms. The SMILES string of the molecule is CCOc1ccccc1-c1csc(NC(=O)c2ccc(OCc3noc(C)n3)cc2)n1. The monoisotopic (exact) mass is 436 g/mol. The Morgan fingerprint density at radius 2 is 1.90 bits per heavy atom. The first-order chi connectivity index (χ1) is 15.1. The van der Waals surface area contributed by atoms with E-state index in [9.17, 15) is 4.79 Å². The number of rotatable bonds is 8. The molecule has 2 aromatic heterocycles. The van der Waals surface area contributed by atoms with E-state index in [-0.39, 0.29) is 12.5 Å². The second kappa shape index (κ2) is 9.40. The first kappa shape index (κ1) is 20.5. The molecule has 2 heterocycles. The molecule has 0 fully saturated rings. The number of aryl methyl sites for hydroxylation is 1. The summed E-state index contributed by atoms with van der Waals surface area (Å²) in [6, 6.07) is 14.5. The smallest absolute Gasteiger partial charge is 0.257 e. The van der Waals surface area contributed by atoms with Gasteiger partial charge in [0.15, 0.2) is 11.7 Å². The van der Waals surface area contributed by atoms with Gasteiger partial charge in [0, 0.05) is 23.4 Å². The predicted molar refractivity (Wildman–Crippen MR) is 116 cm³/mol. The maximum absolute atomic E-state index is 12.6. The average Bonchev–Trinajstić information content (AvgIpc) is 3.42. The van der Waals surface area contributed by atoms with Crippen molar-refractivity contribution in [3.05, 3.63) is 71.2 Å². The number of anilines is 1. The minimum Gasteiger partial charge on any atom is -0.493 e. The molecule has 0 saturated carbocycles. The van der Waals surface area contributed by atoms with E-state index in [0.717, 1.165) is 17.0 Å². The molecule has 0 radical (unpaired) electrons. The van der Waals surface area contributed by atoms with Crippen LogP contribution in [0.25, 0.3) is 11.3 Å². The Labute approximate surface area is 182 Å². The van der Waals surface area contributed by atoms with Gasteiger partial charge in [0.05, 0.1) is 12.3 Å². The van der Waals surface area contributed by atoms with Crippen LogP contribution in [0.1, 0.15) is 29.0 Å². The Balaban J connectivity index is 1.38. The van der Waals surface area contributed by atoms with Crippen LogP contribution >= 0.6 is 11.3 Å². The van der Waals surface area contributed by atoms with Gasteiger partial charge in [-0.3, -0.25) is 10.1 Å². The van der Waals surface area contributed by atoms with Crippen LogP contribution in [0, 0.1) is 6.92 Å². The molecule has 4 aromatic rings. The van der Waals surface area contributed by atoms with E-state index >= 15 is 0 Å². The average molecular weight is 436 g/mol. The molecular weight excluding hydrogens is 416 g/mol. The standard InChI is InChI=1S/C22H20N4O4S/c1-3-28-19-7-5-4-6-17(19)18-13-31-22(24-18)25-21(27)15-8-10-16(11-9-15)29-12-20-23-14(2)30-26-20/h4-11,13H,3,12H2,1-2H3,(H,24,25,27). The van der Waals surface area contributed by atoms with E-state index < -0.39 is 0 Å². The van der Waals surface area contributed by atoms with Crippen molar-refractivity contribution in [1.82, 2.24) is 15.1 Å². The molecule has 0 aliphatic carbocycles. The molecule has 158 valence electrons. The van der Waals surface area contributed by atoms with Gasteiger partial charge in [-0.2, -0.15) is 4.98 Å². The summed E-state index contributed by atoms with van der Waals surface area (Å²) in [5.41, 5.74) is 2.14. The van der Waals surface area contributed by atoms with Crippen molar-refractivity contribution in [2.75, 3.05) is 11.9 Å². The Hall–Kier alpha value is -3.72. The highest BCUT2D eigenvalue weighted by atomic mass is 32.1.